The number of pyridine rings is 1. The van der Waals surface area contributed by atoms with E-state index in [1.54, 1.807) is 0 Å². The molecule has 1 aliphatic carbocycles. The molecule has 7 heteroatoms. The van der Waals surface area contributed by atoms with Crippen molar-refractivity contribution in [3.8, 4) is 0 Å². The predicted molar refractivity (Wildman–Crippen MR) is 70.0 cm³/mol. The monoisotopic (exact) mass is 285 g/mol. The van der Waals surface area contributed by atoms with Crippen LogP contribution in [0.15, 0.2) is 10.9 Å². The maximum atomic E-state index is 13.0. The van der Waals surface area contributed by atoms with Crippen LogP contribution in [0.2, 0.25) is 0 Å². The van der Waals surface area contributed by atoms with Crippen molar-refractivity contribution in [2.45, 2.75) is 31.6 Å². The van der Waals surface area contributed by atoms with E-state index in [9.17, 15) is 18.4 Å². The highest BCUT2D eigenvalue weighted by molar-refractivity contribution is 5.94. The van der Waals surface area contributed by atoms with Crippen LogP contribution in [0.1, 0.15) is 34.5 Å². The van der Waals surface area contributed by atoms with Gasteiger partial charge in [-0.05, 0) is 37.3 Å². The normalized spacial score (nSPS) is 14.8. The van der Waals surface area contributed by atoms with Crippen molar-refractivity contribution in [2.75, 3.05) is 13.1 Å². The van der Waals surface area contributed by atoms with Crippen LogP contribution in [0, 0.1) is 0 Å². The van der Waals surface area contributed by atoms with E-state index in [0.717, 1.165) is 36.9 Å². The third kappa shape index (κ3) is 3.22. The molecule has 1 aromatic rings. The van der Waals surface area contributed by atoms with Gasteiger partial charge in [0.2, 0.25) is 0 Å². The molecule has 1 aliphatic rings. The quantitative estimate of drug-likeness (QED) is 0.756. The number of aromatic amines is 1. The first-order chi connectivity index (χ1) is 9.43. The molecule has 0 radical (unpaired) electrons. The number of alkyl halides is 2. The molecular weight excluding hydrogens is 268 g/mol. The van der Waals surface area contributed by atoms with Crippen LogP contribution in [-0.2, 0) is 12.8 Å². The number of aromatic nitrogens is 1. The molecule has 0 bridgehead atoms. The Morgan fingerprint density at radius 1 is 1.40 bits per heavy atom. The molecule has 2 rings (SSSR count). The number of nitrogens with one attached hydrogen (secondary N) is 2. The molecule has 4 N–H and O–H groups in total. The van der Waals surface area contributed by atoms with Crippen molar-refractivity contribution in [1.29, 1.82) is 0 Å². The number of hydrogen-bond donors (Lipinski definition) is 3. The lowest BCUT2D eigenvalue weighted by molar-refractivity contribution is 0.0118. The Morgan fingerprint density at radius 2 is 2.10 bits per heavy atom. The Labute approximate surface area is 114 Å². The molecule has 0 aliphatic heterocycles. The Bertz CT molecular complexity index is 569. The minimum atomic E-state index is -3.17. The van der Waals surface area contributed by atoms with E-state index < -0.39 is 30.5 Å². The fourth-order valence-corrected chi connectivity index (χ4v) is 2.22. The standard InChI is InChI=1S/C13H17F2N3O2/c14-13(15,6-16)7-17-11(19)9-5-8-3-1-2-4-10(8)18-12(9)20/h5H,1-4,6-7,16H2,(H,17,19)(H,18,20). The van der Waals surface area contributed by atoms with Crippen molar-refractivity contribution in [3.63, 3.8) is 0 Å². The zero-order valence-electron chi connectivity index (χ0n) is 11.0. The number of carbonyl (C=O) groups excluding carboxylic acids is 1. The molecule has 0 fully saturated rings. The highest BCUT2D eigenvalue weighted by Gasteiger charge is 2.28. The first-order valence-corrected chi connectivity index (χ1v) is 6.54. The fraction of sp³-hybridized carbons (Fsp3) is 0.538. The summed E-state index contributed by atoms with van der Waals surface area (Å²) >= 11 is 0. The second kappa shape index (κ2) is 5.70. The highest BCUT2D eigenvalue weighted by Crippen LogP contribution is 2.18. The number of rotatable bonds is 4. The summed E-state index contributed by atoms with van der Waals surface area (Å²) in [4.78, 5) is 26.3. The molecule has 0 saturated carbocycles. The van der Waals surface area contributed by atoms with Gasteiger partial charge in [-0.3, -0.25) is 9.59 Å². The average molecular weight is 285 g/mol. The van der Waals surface area contributed by atoms with E-state index >= 15 is 0 Å². The zero-order valence-corrected chi connectivity index (χ0v) is 11.0. The second-order valence-corrected chi connectivity index (χ2v) is 4.97. The number of fused-ring (bicyclic) bond motifs is 1. The first kappa shape index (κ1) is 14.6. The van der Waals surface area contributed by atoms with Crippen LogP contribution in [0.5, 0.6) is 0 Å². The minimum absolute atomic E-state index is 0.126. The smallest absolute Gasteiger partial charge is 0.277 e. The van der Waals surface area contributed by atoms with Gasteiger partial charge in [-0.1, -0.05) is 0 Å². The maximum absolute atomic E-state index is 13.0. The molecular formula is C13H17F2N3O2. The number of H-pyrrole nitrogens is 1. The first-order valence-electron chi connectivity index (χ1n) is 6.54. The van der Waals surface area contributed by atoms with Crippen LogP contribution in [0.4, 0.5) is 8.78 Å². The molecule has 20 heavy (non-hydrogen) atoms. The second-order valence-electron chi connectivity index (χ2n) is 4.97. The third-order valence-corrected chi connectivity index (χ3v) is 3.39. The van der Waals surface area contributed by atoms with E-state index in [1.807, 2.05) is 5.32 Å². The number of hydrogen-bond acceptors (Lipinski definition) is 3. The topological polar surface area (TPSA) is 88.0 Å². The largest absolute Gasteiger partial charge is 0.346 e. The molecule has 0 atom stereocenters. The van der Waals surface area contributed by atoms with E-state index in [2.05, 4.69) is 4.98 Å². The zero-order chi connectivity index (χ0) is 14.8. The van der Waals surface area contributed by atoms with Gasteiger partial charge in [0.25, 0.3) is 17.4 Å². The van der Waals surface area contributed by atoms with Gasteiger partial charge in [0.15, 0.2) is 0 Å². The summed E-state index contributed by atoms with van der Waals surface area (Å²) in [6.45, 7) is -1.73. The minimum Gasteiger partial charge on any atom is -0.346 e. The number of nitrogens with two attached hydrogens (primary N) is 1. The number of carbonyl (C=O) groups is 1. The highest BCUT2D eigenvalue weighted by atomic mass is 19.3. The Balaban J connectivity index is 2.16. The van der Waals surface area contributed by atoms with Crippen LogP contribution in [0.3, 0.4) is 0 Å². The van der Waals surface area contributed by atoms with Gasteiger partial charge in [0, 0.05) is 5.69 Å². The average Bonchev–Trinajstić information content (AvgIpc) is 2.44. The summed E-state index contributed by atoms with van der Waals surface area (Å²) < 4.78 is 26.0. The van der Waals surface area contributed by atoms with Crippen LogP contribution >= 0.6 is 0 Å². The van der Waals surface area contributed by atoms with Gasteiger partial charge in [-0.15, -0.1) is 0 Å². The molecule has 1 heterocycles. The van der Waals surface area contributed by atoms with Crippen LogP contribution in [-0.4, -0.2) is 29.9 Å². The Morgan fingerprint density at radius 3 is 2.80 bits per heavy atom. The van der Waals surface area contributed by atoms with Crippen molar-refractivity contribution in [1.82, 2.24) is 10.3 Å². The molecule has 5 nitrogen and oxygen atoms in total. The summed E-state index contributed by atoms with van der Waals surface area (Å²) in [5.41, 5.74) is 5.96. The lowest BCUT2D eigenvalue weighted by Gasteiger charge is -2.17. The molecule has 0 saturated heterocycles. The van der Waals surface area contributed by atoms with Gasteiger partial charge >= 0.3 is 0 Å². The number of aryl methyl sites for hydroxylation is 2. The molecule has 0 unspecified atom stereocenters. The van der Waals surface area contributed by atoms with E-state index in [1.165, 1.54) is 6.07 Å². The lowest BCUT2D eigenvalue weighted by Crippen LogP contribution is -2.42. The molecule has 110 valence electrons. The van der Waals surface area contributed by atoms with Crippen molar-refractivity contribution in [3.05, 3.63) is 33.2 Å². The van der Waals surface area contributed by atoms with E-state index in [4.69, 9.17) is 5.73 Å². The summed E-state index contributed by atoms with van der Waals surface area (Å²) in [7, 11) is 0. The number of halogens is 2. The molecule has 1 amide bonds. The van der Waals surface area contributed by atoms with E-state index in [0.29, 0.717) is 0 Å². The van der Waals surface area contributed by atoms with Gasteiger partial charge < -0.3 is 16.0 Å². The maximum Gasteiger partial charge on any atom is 0.277 e. The Kier molecular flexibility index (Phi) is 4.17. The predicted octanol–water partition coefficient (Wildman–Crippen LogP) is 0.577. The molecule has 0 spiro atoms. The van der Waals surface area contributed by atoms with Crippen molar-refractivity contribution < 1.29 is 13.6 Å². The lowest BCUT2D eigenvalue weighted by atomic mass is 9.95. The molecule has 1 aromatic heterocycles. The fourth-order valence-electron chi connectivity index (χ4n) is 2.22. The summed E-state index contributed by atoms with van der Waals surface area (Å²) in [6.07, 6.45) is 3.55. The van der Waals surface area contributed by atoms with Crippen molar-refractivity contribution in [2.24, 2.45) is 5.73 Å². The third-order valence-electron chi connectivity index (χ3n) is 3.39. The van der Waals surface area contributed by atoms with Gasteiger partial charge in [0.1, 0.15) is 5.56 Å². The Hall–Kier alpha value is -1.76. The SMILES string of the molecule is NCC(F)(F)CNC(=O)c1cc2c([nH]c1=O)CCCC2. The summed E-state index contributed by atoms with van der Waals surface area (Å²) in [5, 5.41) is 2.05. The summed E-state index contributed by atoms with van der Waals surface area (Å²) in [6, 6.07) is 1.50. The van der Waals surface area contributed by atoms with Gasteiger partial charge in [-0.25, -0.2) is 8.78 Å². The van der Waals surface area contributed by atoms with Crippen molar-refractivity contribution >= 4 is 5.91 Å². The van der Waals surface area contributed by atoms with E-state index in [-0.39, 0.29) is 5.56 Å². The van der Waals surface area contributed by atoms with Crippen LogP contribution in [0.25, 0.3) is 0 Å². The van der Waals surface area contributed by atoms with Gasteiger partial charge in [0.05, 0.1) is 13.1 Å². The van der Waals surface area contributed by atoms with Crippen LogP contribution < -0.4 is 16.6 Å². The molecule has 0 aromatic carbocycles. The number of amides is 1. The summed E-state index contributed by atoms with van der Waals surface area (Å²) in [5.74, 6) is -3.97. The van der Waals surface area contributed by atoms with Gasteiger partial charge in [-0.2, -0.15) is 0 Å².